The van der Waals surface area contributed by atoms with Crippen LogP contribution in [-0.2, 0) is 0 Å². The number of aryl methyl sites for hydroxylation is 1. The van der Waals surface area contributed by atoms with Crippen molar-refractivity contribution in [2.45, 2.75) is 6.92 Å². The lowest BCUT2D eigenvalue weighted by Gasteiger charge is -1.98. The highest BCUT2D eigenvalue weighted by molar-refractivity contribution is 5.82. The van der Waals surface area contributed by atoms with E-state index < -0.39 is 0 Å². The van der Waals surface area contributed by atoms with Crippen molar-refractivity contribution in [3.8, 4) is 5.75 Å². The van der Waals surface area contributed by atoms with Gasteiger partial charge in [0, 0.05) is 18.0 Å². The number of nitrogens with one attached hydrogen (secondary N) is 1. The summed E-state index contributed by atoms with van der Waals surface area (Å²) in [5.41, 5.74) is 1.35. The first-order chi connectivity index (χ1) is 4.75. The first-order valence-corrected chi connectivity index (χ1v) is 2.89. The van der Waals surface area contributed by atoms with Crippen molar-refractivity contribution in [3.63, 3.8) is 0 Å². The molecular formula is C7H8N2O. The first-order valence-electron chi connectivity index (χ1n) is 2.89. The summed E-state index contributed by atoms with van der Waals surface area (Å²) in [4.78, 5) is 3.74. The molecule has 3 nitrogen and oxygen atoms in total. The minimum Gasteiger partial charge on any atom is -0.506 e. The summed E-state index contributed by atoms with van der Waals surface area (Å²) >= 11 is 0. The van der Waals surface area contributed by atoms with Gasteiger partial charge in [0.25, 0.3) is 0 Å². The smallest absolute Gasteiger partial charge is 0.142 e. The van der Waals surface area contributed by atoms with Crippen LogP contribution in [0.25, 0.3) is 0 Å². The Balaban J connectivity index is 3.30. The van der Waals surface area contributed by atoms with Gasteiger partial charge >= 0.3 is 0 Å². The number of rotatable bonds is 1. The van der Waals surface area contributed by atoms with Gasteiger partial charge in [-0.15, -0.1) is 0 Å². The Labute approximate surface area is 58.9 Å². The van der Waals surface area contributed by atoms with Crippen LogP contribution < -0.4 is 0 Å². The van der Waals surface area contributed by atoms with E-state index in [2.05, 4.69) is 4.98 Å². The molecule has 0 atom stereocenters. The summed E-state index contributed by atoms with van der Waals surface area (Å²) in [5.74, 6) is 0.0648. The third kappa shape index (κ3) is 0.978. The molecule has 0 amide bonds. The van der Waals surface area contributed by atoms with Crippen LogP contribution >= 0.6 is 0 Å². The van der Waals surface area contributed by atoms with Crippen LogP contribution in [-0.4, -0.2) is 16.3 Å². The number of pyridine rings is 1. The van der Waals surface area contributed by atoms with E-state index in [4.69, 9.17) is 10.5 Å². The Hall–Kier alpha value is -1.38. The highest BCUT2D eigenvalue weighted by Crippen LogP contribution is 2.15. The molecule has 0 fully saturated rings. The molecule has 0 unspecified atom stereocenters. The zero-order valence-corrected chi connectivity index (χ0v) is 5.63. The molecule has 0 saturated heterocycles. The Bertz CT molecular complexity index is 238. The van der Waals surface area contributed by atoms with E-state index in [-0.39, 0.29) is 5.75 Å². The van der Waals surface area contributed by atoms with Crippen LogP contribution in [0.1, 0.15) is 11.1 Å². The second-order valence-electron chi connectivity index (χ2n) is 2.03. The van der Waals surface area contributed by atoms with E-state index in [1.807, 2.05) is 0 Å². The zero-order valence-electron chi connectivity index (χ0n) is 5.63. The largest absolute Gasteiger partial charge is 0.506 e. The Morgan fingerprint density at radius 3 is 2.70 bits per heavy atom. The molecule has 0 bridgehead atoms. The summed E-state index contributed by atoms with van der Waals surface area (Å²) in [7, 11) is 0. The van der Waals surface area contributed by atoms with Gasteiger partial charge < -0.3 is 10.5 Å². The van der Waals surface area contributed by atoms with Crippen LogP contribution in [0.2, 0.25) is 0 Å². The summed E-state index contributed by atoms with van der Waals surface area (Å²) < 4.78 is 0. The summed E-state index contributed by atoms with van der Waals surface area (Å²) in [5, 5.41) is 16.0. The molecule has 0 aliphatic heterocycles. The van der Waals surface area contributed by atoms with E-state index in [1.54, 1.807) is 13.1 Å². The SMILES string of the molecule is Cc1cncc(O)c1C=N. The number of nitrogens with zero attached hydrogens (tertiary/aromatic N) is 1. The predicted molar refractivity (Wildman–Crippen MR) is 38.5 cm³/mol. The highest BCUT2D eigenvalue weighted by Gasteiger charge is 1.99. The molecule has 52 valence electrons. The van der Waals surface area contributed by atoms with Gasteiger partial charge in [-0.3, -0.25) is 4.98 Å². The predicted octanol–water partition coefficient (Wildman–Crippen LogP) is 1.09. The number of hydrogen-bond donors (Lipinski definition) is 2. The van der Waals surface area contributed by atoms with Crippen molar-refractivity contribution in [1.82, 2.24) is 4.98 Å². The molecule has 0 aliphatic rings. The van der Waals surface area contributed by atoms with Crippen LogP contribution in [0.3, 0.4) is 0 Å². The third-order valence-corrected chi connectivity index (χ3v) is 1.31. The average Bonchev–Trinajstić information content (AvgIpc) is 1.88. The van der Waals surface area contributed by atoms with Gasteiger partial charge in [-0.25, -0.2) is 0 Å². The lowest BCUT2D eigenvalue weighted by Crippen LogP contribution is -1.87. The highest BCUT2D eigenvalue weighted by atomic mass is 16.3. The maximum atomic E-state index is 9.08. The molecule has 1 aromatic rings. The van der Waals surface area contributed by atoms with Crippen LogP contribution in [0.15, 0.2) is 12.4 Å². The van der Waals surface area contributed by atoms with Crippen LogP contribution in [0, 0.1) is 12.3 Å². The Morgan fingerprint density at radius 1 is 1.60 bits per heavy atom. The fourth-order valence-electron chi connectivity index (χ4n) is 0.749. The number of aromatic nitrogens is 1. The first kappa shape index (κ1) is 6.74. The van der Waals surface area contributed by atoms with E-state index in [9.17, 15) is 0 Å². The number of hydrogen-bond acceptors (Lipinski definition) is 3. The molecular weight excluding hydrogens is 128 g/mol. The molecule has 0 saturated carbocycles. The average molecular weight is 136 g/mol. The molecule has 10 heavy (non-hydrogen) atoms. The Kier molecular flexibility index (Phi) is 1.67. The van der Waals surface area contributed by atoms with Crippen LogP contribution in [0.5, 0.6) is 5.75 Å². The molecule has 2 N–H and O–H groups in total. The third-order valence-electron chi connectivity index (χ3n) is 1.31. The Morgan fingerprint density at radius 2 is 2.30 bits per heavy atom. The van der Waals surface area contributed by atoms with Crippen molar-refractivity contribution in [1.29, 1.82) is 5.41 Å². The molecule has 1 heterocycles. The van der Waals surface area contributed by atoms with Gasteiger partial charge in [0.05, 0.1) is 6.20 Å². The quantitative estimate of drug-likeness (QED) is 0.568. The maximum Gasteiger partial charge on any atom is 0.142 e. The van der Waals surface area contributed by atoms with Gasteiger partial charge in [-0.05, 0) is 12.5 Å². The maximum absolute atomic E-state index is 9.08. The zero-order chi connectivity index (χ0) is 7.56. The number of aromatic hydroxyl groups is 1. The van der Waals surface area contributed by atoms with Gasteiger partial charge in [0.2, 0.25) is 0 Å². The molecule has 3 heteroatoms. The minimum absolute atomic E-state index is 0.0648. The summed E-state index contributed by atoms with van der Waals surface area (Å²) in [6, 6.07) is 0. The van der Waals surface area contributed by atoms with Crippen molar-refractivity contribution in [2.75, 3.05) is 0 Å². The summed E-state index contributed by atoms with van der Waals surface area (Å²) in [6.45, 7) is 1.80. The lowest BCUT2D eigenvalue weighted by molar-refractivity contribution is 0.471. The second kappa shape index (κ2) is 2.47. The van der Waals surface area contributed by atoms with Crippen molar-refractivity contribution < 1.29 is 5.11 Å². The van der Waals surface area contributed by atoms with Gasteiger partial charge in [0.1, 0.15) is 5.75 Å². The molecule has 0 aliphatic carbocycles. The van der Waals surface area contributed by atoms with Crippen LogP contribution in [0.4, 0.5) is 0 Å². The second-order valence-corrected chi connectivity index (χ2v) is 2.03. The minimum atomic E-state index is 0.0648. The fourth-order valence-corrected chi connectivity index (χ4v) is 0.749. The topological polar surface area (TPSA) is 57.0 Å². The summed E-state index contributed by atoms with van der Waals surface area (Å²) in [6.07, 6.45) is 4.06. The standard InChI is InChI=1S/C7H8N2O/c1-5-3-9-4-7(10)6(5)2-8/h2-4,8,10H,1H3. The molecule has 0 radical (unpaired) electrons. The van der Waals surface area contributed by atoms with E-state index in [0.29, 0.717) is 5.56 Å². The van der Waals surface area contributed by atoms with Crippen molar-refractivity contribution in [3.05, 3.63) is 23.5 Å². The van der Waals surface area contributed by atoms with E-state index >= 15 is 0 Å². The molecule has 1 rings (SSSR count). The fraction of sp³-hybridized carbons (Fsp3) is 0.143. The van der Waals surface area contributed by atoms with Gasteiger partial charge in [-0.1, -0.05) is 0 Å². The van der Waals surface area contributed by atoms with Crippen molar-refractivity contribution >= 4 is 6.21 Å². The molecule has 1 aromatic heterocycles. The monoisotopic (exact) mass is 136 g/mol. The normalized spacial score (nSPS) is 9.30. The lowest BCUT2D eigenvalue weighted by atomic mass is 10.2. The van der Waals surface area contributed by atoms with Gasteiger partial charge in [-0.2, -0.15) is 0 Å². The molecule has 0 spiro atoms. The van der Waals surface area contributed by atoms with E-state index in [1.165, 1.54) is 6.20 Å². The van der Waals surface area contributed by atoms with E-state index in [0.717, 1.165) is 11.8 Å². The van der Waals surface area contributed by atoms with Gasteiger partial charge in [0.15, 0.2) is 0 Å². The molecule has 0 aromatic carbocycles. The van der Waals surface area contributed by atoms with Crippen molar-refractivity contribution in [2.24, 2.45) is 0 Å².